The minimum Gasteiger partial charge on any atom is -0.468 e. The summed E-state index contributed by atoms with van der Waals surface area (Å²) < 4.78 is 4.66. The number of esters is 1. The first-order chi connectivity index (χ1) is 5.28. The molecule has 1 N–H and O–H groups in total. The predicted molar refractivity (Wildman–Crippen MR) is 40.1 cm³/mol. The van der Waals surface area contributed by atoms with E-state index in [1.807, 2.05) is 0 Å². The Balaban J connectivity index is 1.97. The largest absolute Gasteiger partial charge is 0.468 e. The van der Waals surface area contributed by atoms with Crippen LogP contribution < -0.4 is 5.32 Å². The number of carbonyl (C=O) groups excluding carboxylic acids is 1. The van der Waals surface area contributed by atoms with E-state index >= 15 is 0 Å². The Labute approximate surface area is 66.1 Å². The highest BCUT2D eigenvalue weighted by molar-refractivity contribution is 5.81. The third-order valence-electron chi connectivity index (χ3n) is 2.83. The lowest BCUT2D eigenvalue weighted by Crippen LogP contribution is -2.18. The first kappa shape index (κ1) is 7.10. The molecule has 1 aliphatic heterocycles. The summed E-state index contributed by atoms with van der Waals surface area (Å²) in [6.07, 6.45) is 4.79. The second kappa shape index (κ2) is 2.21. The molecule has 3 nitrogen and oxygen atoms in total. The zero-order chi connectivity index (χ0) is 7.90. The van der Waals surface area contributed by atoms with E-state index in [4.69, 9.17) is 0 Å². The van der Waals surface area contributed by atoms with Gasteiger partial charge in [0.2, 0.25) is 0 Å². The van der Waals surface area contributed by atoms with Gasteiger partial charge in [-0.15, -0.1) is 0 Å². The highest BCUT2D eigenvalue weighted by Crippen LogP contribution is 2.42. The molecule has 0 aromatic heterocycles. The Bertz CT molecular complexity index is 185. The minimum atomic E-state index is -0.0908. The van der Waals surface area contributed by atoms with Gasteiger partial charge in [0.1, 0.15) is 6.04 Å². The van der Waals surface area contributed by atoms with E-state index in [1.54, 1.807) is 0 Å². The van der Waals surface area contributed by atoms with Crippen LogP contribution in [0.5, 0.6) is 0 Å². The molecule has 2 aliphatic rings. The Morgan fingerprint density at radius 2 is 2.18 bits per heavy atom. The van der Waals surface area contributed by atoms with E-state index in [9.17, 15) is 4.79 Å². The molecule has 0 unspecified atom stereocenters. The zero-order valence-corrected chi connectivity index (χ0v) is 6.72. The third-order valence-corrected chi connectivity index (χ3v) is 2.83. The molecule has 0 radical (unpaired) electrons. The average Bonchev–Trinajstić information content (AvgIpc) is 2.48. The van der Waals surface area contributed by atoms with Crippen LogP contribution in [-0.2, 0) is 9.53 Å². The van der Waals surface area contributed by atoms with E-state index < -0.39 is 0 Å². The molecule has 11 heavy (non-hydrogen) atoms. The molecule has 1 saturated carbocycles. The van der Waals surface area contributed by atoms with Gasteiger partial charge in [-0.25, -0.2) is 0 Å². The summed E-state index contributed by atoms with van der Waals surface area (Å²) in [6.45, 7) is 0. The van der Waals surface area contributed by atoms with E-state index in [0.29, 0.717) is 0 Å². The topological polar surface area (TPSA) is 48.2 Å². The third kappa shape index (κ3) is 0.948. The van der Waals surface area contributed by atoms with Gasteiger partial charge < -0.3 is 4.74 Å². The van der Waals surface area contributed by atoms with Gasteiger partial charge in [-0.3, -0.25) is 10.1 Å². The molecule has 0 aromatic rings. The number of ether oxygens (including phenoxy) is 1. The Kier molecular flexibility index (Phi) is 1.42. The van der Waals surface area contributed by atoms with Crippen molar-refractivity contribution in [3.05, 3.63) is 0 Å². The lowest BCUT2D eigenvalue weighted by molar-refractivity contribution is -0.140. The van der Waals surface area contributed by atoms with Crippen LogP contribution in [0.1, 0.15) is 25.7 Å². The van der Waals surface area contributed by atoms with Gasteiger partial charge in [-0.05, 0) is 12.8 Å². The first-order valence-electron chi connectivity index (χ1n) is 4.14. The molecule has 1 spiro atoms. The van der Waals surface area contributed by atoms with Crippen molar-refractivity contribution in [2.24, 2.45) is 0 Å². The second-order valence-electron chi connectivity index (χ2n) is 3.46. The molecule has 0 amide bonds. The van der Waals surface area contributed by atoms with Crippen LogP contribution in [0.15, 0.2) is 0 Å². The Morgan fingerprint density at radius 3 is 2.73 bits per heavy atom. The number of nitrogens with one attached hydrogen (secondary N) is 1. The molecular formula is C8H13NO2. The molecule has 1 heterocycles. The van der Waals surface area contributed by atoms with Crippen molar-refractivity contribution in [2.45, 2.75) is 37.3 Å². The number of methoxy groups -OCH3 is 1. The van der Waals surface area contributed by atoms with Crippen molar-refractivity contribution < 1.29 is 9.53 Å². The van der Waals surface area contributed by atoms with Crippen LogP contribution in [0, 0.1) is 0 Å². The monoisotopic (exact) mass is 155 g/mol. The van der Waals surface area contributed by atoms with Crippen molar-refractivity contribution in [2.75, 3.05) is 7.11 Å². The van der Waals surface area contributed by atoms with E-state index in [0.717, 1.165) is 12.8 Å². The van der Waals surface area contributed by atoms with Crippen LogP contribution >= 0.6 is 0 Å². The molecule has 1 aliphatic carbocycles. The SMILES string of the molecule is COC(=O)[C@H]1NC12CCCC2. The van der Waals surface area contributed by atoms with Crippen LogP contribution in [-0.4, -0.2) is 24.7 Å². The smallest absolute Gasteiger partial charge is 0.324 e. The summed E-state index contributed by atoms with van der Waals surface area (Å²) in [7, 11) is 1.45. The zero-order valence-electron chi connectivity index (χ0n) is 6.72. The molecule has 2 rings (SSSR count). The standard InChI is InChI=1S/C8H13NO2/c1-11-7(10)6-8(9-6)4-2-3-5-8/h6,9H,2-5H2,1H3/t6-/m1/s1. The lowest BCUT2D eigenvalue weighted by atomic mass is 10.0. The summed E-state index contributed by atoms with van der Waals surface area (Å²) in [5.41, 5.74) is 0.160. The highest BCUT2D eigenvalue weighted by Gasteiger charge is 2.59. The minimum absolute atomic E-state index is 0.00926. The molecule has 0 aromatic carbocycles. The average molecular weight is 155 g/mol. The fraction of sp³-hybridized carbons (Fsp3) is 0.875. The van der Waals surface area contributed by atoms with Gasteiger partial charge in [0.25, 0.3) is 0 Å². The Morgan fingerprint density at radius 1 is 1.55 bits per heavy atom. The van der Waals surface area contributed by atoms with Crippen LogP contribution in [0.3, 0.4) is 0 Å². The van der Waals surface area contributed by atoms with E-state index in [2.05, 4.69) is 10.1 Å². The van der Waals surface area contributed by atoms with E-state index in [-0.39, 0.29) is 17.6 Å². The molecule has 1 atom stereocenters. The van der Waals surface area contributed by atoms with Gasteiger partial charge in [0.15, 0.2) is 0 Å². The number of hydrogen-bond acceptors (Lipinski definition) is 3. The fourth-order valence-electron chi connectivity index (χ4n) is 2.09. The van der Waals surface area contributed by atoms with Crippen molar-refractivity contribution >= 4 is 5.97 Å². The second-order valence-corrected chi connectivity index (χ2v) is 3.46. The fourth-order valence-corrected chi connectivity index (χ4v) is 2.09. The van der Waals surface area contributed by atoms with Gasteiger partial charge in [0.05, 0.1) is 7.11 Å². The van der Waals surface area contributed by atoms with Crippen molar-refractivity contribution in [1.82, 2.24) is 5.32 Å². The number of rotatable bonds is 1. The molecule has 1 saturated heterocycles. The van der Waals surface area contributed by atoms with Gasteiger partial charge in [-0.1, -0.05) is 12.8 Å². The molecule has 3 heteroatoms. The van der Waals surface area contributed by atoms with Crippen LogP contribution in [0.4, 0.5) is 0 Å². The van der Waals surface area contributed by atoms with Crippen molar-refractivity contribution in [3.8, 4) is 0 Å². The highest BCUT2D eigenvalue weighted by atomic mass is 16.5. The maximum atomic E-state index is 11.1. The Hall–Kier alpha value is -0.570. The van der Waals surface area contributed by atoms with E-state index in [1.165, 1.54) is 20.0 Å². The maximum Gasteiger partial charge on any atom is 0.324 e. The quantitative estimate of drug-likeness (QED) is 0.441. The maximum absolute atomic E-state index is 11.1. The summed E-state index contributed by atoms with van der Waals surface area (Å²) in [6, 6.07) is 0.00926. The predicted octanol–water partition coefficient (Wildman–Crippen LogP) is 0.444. The van der Waals surface area contributed by atoms with Crippen molar-refractivity contribution in [3.63, 3.8) is 0 Å². The summed E-state index contributed by atoms with van der Waals surface area (Å²) in [5, 5.41) is 3.22. The lowest BCUT2D eigenvalue weighted by Gasteiger charge is -2.01. The molecule has 0 bridgehead atoms. The normalized spacial score (nSPS) is 32.3. The molecule has 62 valence electrons. The summed E-state index contributed by atoms with van der Waals surface area (Å²) in [5.74, 6) is -0.0908. The van der Waals surface area contributed by atoms with Gasteiger partial charge in [-0.2, -0.15) is 0 Å². The van der Waals surface area contributed by atoms with Gasteiger partial charge >= 0.3 is 5.97 Å². The van der Waals surface area contributed by atoms with Crippen molar-refractivity contribution in [1.29, 1.82) is 0 Å². The molecular weight excluding hydrogens is 142 g/mol. The summed E-state index contributed by atoms with van der Waals surface area (Å²) in [4.78, 5) is 11.1. The first-order valence-corrected chi connectivity index (χ1v) is 4.14. The number of hydrogen-bond donors (Lipinski definition) is 1. The van der Waals surface area contributed by atoms with Crippen LogP contribution in [0.2, 0.25) is 0 Å². The number of carbonyl (C=O) groups is 1. The summed E-state index contributed by atoms with van der Waals surface area (Å²) >= 11 is 0. The molecule has 2 fully saturated rings. The van der Waals surface area contributed by atoms with Crippen LogP contribution in [0.25, 0.3) is 0 Å². The van der Waals surface area contributed by atoms with Gasteiger partial charge in [0, 0.05) is 5.54 Å².